The summed E-state index contributed by atoms with van der Waals surface area (Å²) in [6.45, 7) is 4.33. The fraction of sp³-hybridized carbons (Fsp3) is 0.462. The van der Waals surface area contributed by atoms with Gasteiger partial charge in [0.1, 0.15) is 6.07 Å². The first-order chi connectivity index (χ1) is 8.26. The molecule has 1 atom stereocenters. The van der Waals surface area contributed by atoms with Crippen LogP contribution in [-0.2, 0) is 0 Å². The zero-order chi connectivity index (χ0) is 12.3. The monoisotopic (exact) mass is 264 g/mol. The van der Waals surface area contributed by atoms with Gasteiger partial charge in [0.15, 0.2) is 0 Å². The molecule has 1 saturated heterocycles. The molecule has 1 unspecified atom stereocenters. The Hall–Kier alpha value is -0.790. The molecule has 1 aromatic rings. The van der Waals surface area contributed by atoms with E-state index in [0.29, 0.717) is 5.25 Å². The summed E-state index contributed by atoms with van der Waals surface area (Å²) in [7, 11) is 0. The summed E-state index contributed by atoms with van der Waals surface area (Å²) < 4.78 is 0. The first-order valence-corrected chi connectivity index (χ1v) is 7.97. The Labute approximate surface area is 111 Å². The molecule has 17 heavy (non-hydrogen) atoms. The van der Waals surface area contributed by atoms with Crippen LogP contribution in [0.2, 0.25) is 0 Å². The molecule has 2 nitrogen and oxygen atoms in total. The van der Waals surface area contributed by atoms with Gasteiger partial charge in [-0.1, -0.05) is 13.0 Å². The second-order valence-electron chi connectivity index (χ2n) is 4.09. The molecule has 1 aliphatic heterocycles. The van der Waals surface area contributed by atoms with Gasteiger partial charge in [-0.2, -0.15) is 17.0 Å². The molecular weight excluding hydrogens is 248 g/mol. The average molecular weight is 264 g/mol. The normalized spacial score (nSPS) is 20.1. The Balaban J connectivity index is 2.34. The van der Waals surface area contributed by atoms with Gasteiger partial charge in [-0.25, -0.2) is 0 Å². The first kappa shape index (κ1) is 12.7. The topological polar surface area (TPSA) is 27.0 Å². The number of benzene rings is 1. The summed E-state index contributed by atoms with van der Waals surface area (Å²) in [4.78, 5) is 3.43. The van der Waals surface area contributed by atoms with E-state index in [2.05, 4.69) is 30.0 Å². The third-order valence-electron chi connectivity index (χ3n) is 2.92. The second-order valence-corrected chi connectivity index (χ2v) is 6.49. The molecule has 1 heterocycles. The minimum atomic E-state index is 0.647. The number of thioether (sulfide) groups is 2. The Bertz CT molecular complexity index is 440. The molecule has 0 radical (unpaired) electrons. The summed E-state index contributed by atoms with van der Waals surface area (Å²) in [5.74, 6) is 1.15. The maximum Gasteiger partial charge on any atom is 0.103 e. The van der Waals surface area contributed by atoms with E-state index in [1.54, 1.807) is 11.8 Å². The fourth-order valence-electron chi connectivity index (χ4n) is 2.10. The van der Waals surface area contributed by atoms with E-state index in [9.17, 15) is 5.26 Å². The standard InChI is InChI=1S/C13H16N2S2/c1-10-9-15(6-7-17-10)12-4-3-5-13(16-2)11(12)8-14/h3-5,10H,6-7,9H2,1-2H3. The lowest BCUT2D eigenvalue weighted by Gasteiger charge is -2.33. The molecule has 0 amide bonds. The first-order valence-electron chi connectivity index (χ1n) is 5.70. The van der Waals surface area contributed by atoms with Crippen LogP contribution in [-0.4, -0.2) is 30.3 Å². The van der Waals surface area contributed by atoms with Gasteiger partial charge in [0, 0.05) is 29.0 Å². The molecule has 0 aliphatic carbocycles. The van der Waals surface area contributed by atoms with Gasteiger partial charge in [-0.15, -0.1) is 11.8 Å². The van der Waals surface area contributed by atoms with Crippen molar-refractivity contribution in [3.63, 3.8) is 0 Å². The van der Waals surface area contributed by atoms with Gasteiger partial charge in [0.25, 0.3) is 0 Å². The molecule has 0 N–H and O–H groups in total. The molecule has 0 saturated carbocycles. The van der Waals surface area contributed by atoms with Gasteiger partial charge in [-0.3, -0.25) is 0 Å². The highest BCUT2D eigenvalue weighted by molar-refractivity contribution is 8.00. The maximum atomic E-state index is 9.33. The van der Waals surface area contributed by atoms with E-state index in [4.69, 9.17) is 0 Å². The lowest BCUT2D eigenvalue weighted by atomic mass is 10.1. The molecule has 90 valence electrons. The van der Waals surface area contributed by atoms with E-state index in [1.165, 1.54) is 0 Å². The summed E-state index contributed by atoms with van der Waals surface area (Å²) in [5, 5.41) is 9.98. The third kappa shape index (κ3) is 2.72. The van der Waals surface area contributed by atoms with Crippen molar-refractivity contribution in [3.05, 3.63) is 23.8 Å². The van der Waals surface area contributed by atoms with Crippen molar-refractivity contribution in [2.75, 3.05) is 30.0 Å². The molecule has 0 aromatic heterocycles. The van der Waals surface area contributed by atoms with Crippen LogP contribution in [0.25, 0.3) is 0 Å². The number of rotatable bonds is 2. The maximum absolute atomic E-state index is 9.33. The number of nitriles is 1. The van der Waals surface area contributed by atoms with Crippen LogP contribution in [0.4, 0.5) is 5.69 Å². The summed E-state index contributed by atoms with van der Waals surface area (Å²) in [5.41, 5.74) is 1.94. The van der Waals surface area contributed by atoms with Crippen LogP contribution in [0.1, 0.15) is 12.5 Å². The third-order valence-corrected chi connectivity index (χ3v) is 4.83. The number of hydrogen-bond donors (Lipinski definition) is 0. The zero-order valence-corrected chi connectivity index (χ0v) is 11.8. The van der Waals surface area contributed by atoms with Crippen LogP contribution < -0.4 is 4.90 Å². The van der Waals surface area contributed by atoms with Gasteiger partial charge < -0.3 is 4.90 Å². The van der Waals surface area contributed by atoms with Crippen molar-refractivity contribution < 1.29 is 0 Å². The van der Waals surface area contributed by atoms with E-state index in [1.807, 2.05) is 24.1 Å². The van der Waals surface area contributed by atoms with E-state index < -0.39 is 0 Å². The van der Waals surface area contributed by atoms with E-state index >= 15 is 0 Å². The Morgan fingerprint density at radius 2 is 2.35 bits per heavy atom. The highest BCUT2D eigenvalue weighted by Gasteiger charge is 2.20. The molecule has 0 bridgehead atoms. The van der Waals surface area contributed by atoms with Crippen LogP contribution in [0.3, 0.4) is 0 Å². The molecule has 1 aliphatic rings. The van der Waals surface area contributed by atoms with Gasteiger partial charge >= 0.3 is 0 Å². The Kier molecular flexibility index (Phi) is 4.25. The number of anilines is 1. The minimum Gasteiger partial charge on any atom is -0.369 e. The van der Waals surface area contributed by atoms with Crippen LogP contribution in [0.15, 0.2) is 23.1 Å². The van der Waals surface area contributed by atoms with Gasteiger partial charge in [0.05, 0.1) is 11.3 Å². The van der Waals surface area contributed by atoms with E-state index in [0.717, 1.165) is 35.0 Å². The molecule has 1 aromatic carbocycles. The van der Waals surface area contributed by atoms with Crippen molar-refractivity contribution in [3.8, 4) is 6.07 Å². The summed E-state index contributed by atoms with van der Waals surface area (Å²) in [6.07, 6.45) is 2.02. The quantitative estimate of drug-likeness (QED) is 0.766. The number of hydrogen-bond acceptors (Lipinski definition) is 4. The van der Waals surface area contributed by atoms with Crippen molar-refractivity contribution >= 4 is 29.2 Å². The van der Waals surface area contributed by atoms with Crippen molar-refractivity contribution in [1.82, 2.24) is 0 Å². The fourth-order valence-corrected chi connectivity index (χ4v) is 3.69. The van der Waals surface area contributed by atoms with Crippen LogP contribution >= 0.6 is 23.5 Å². The predicted octanol–water partition coefficient (Wildman–Crippen LogP) is 3.22. The summed E-state index contributed by atoms with van der Waals surface area (Å²) in [6, 6.07) is 8.50. The Morgan fingerprint density at radius 1 is 1.53 bits per heavy atom. The van der Waals surface area contributed by atoms with Crippen molar-refractivity contribution in [2.24, 2.45) is 0 Å². The van der Waals surface area contributed by atoms with E-state index in [-0.39, 0.29) is 0 Å². The minimum absolute atomic E-state index is 0.647. The molecule has 2 rings (SSSR count). The molecular formula is C13H16N2S2. The average Bonchev–Trinajstić information content (AvgIpc) is 2.37. The highest BCUT2D eigenvalue weighted by atomic mass is 32.2. The predicted molar refractivity (Wildman–Crippen MR) is 77.1 cm³/mol. The molecule has 0 spiro atoms. The lowest BCUT2D eigenvalue weighted by Crippen LogP contribution is -2.37. The molecule has 4 heteroatoms. The highest BCUT2D eigenvalue weighted by Crippen LogP contribution is 2.31. The largest absolute Gasteiger partial charge is 0.369 e. The summed E-state index contributed by atoms with van der Waals surface area (Å²) >= 11 is 3.65. The zero-order valence-electron chi connectivity index (χ0n) is 10.1. The molecule has 1 fully saturated rings. The van der Waals surface area contributed by atoms with Crippen molar-refractivity contribution in [1.29, 1.82) is 5.26 Å². The smallest absolute Gasteiger partial charge is 0.103 e. The second kappa shape index (κ2) is 5.70. The lowest BCUT2D eigenvalue weighted by molar-refractivity contribution is 0.780. The Morgan fingerprint density at radius 3 is 3.00 bits per heavy atom. The van der Waals surface area contributed by atoms with Gasteiger partial charge in [-0.05, 0) is 18.4 Å². The van der Waals surface area contributed by atoms with Crippen LogP contribution in [0.5, 0.6) is 0 Å². The van der Waals surface area contributed by atoms with Gasteiger partial charge in [0.2, 0.25) is 0 Å². The SMILES string of the molecule is CSc1cccc(N2CCSC(C)C2)c1C#N. The van der Waals surface area contributed by atoms with Crippen molar-refractivity contribution in [2.45, 2.75) is 17.1 Å². The number of nitrogens with zero attached hydrogens (tertiary/aromatic N) is 2. The van der Waals surface area contributed by atoms with Crippen LogP contribution in [0, 0.1) is 11.3 Å².